The van der Waals surface area contributed by atoms with Crippen LogP contribution in [-0.4, -0.2) is 16.1 Å². The standard InChI is InChI=1S/C18H14N2O2S/c1-11-6-7-16(23-11)18(22)14(10-19)17(21)13-4-3-5-15-12(13)8-9-20(15)2/h3-9,14H,1-2H3/t14-/m1/s1. The molecular weight excluding hydrogens is 308 g/mol. The molecule has 3 aromatic rings. The fraction of sp³-hybridized carbons (Fsp3) is 0.167. The lowest BCUT2D eigenvalue weighted by Gasteiger charge is -2.08. The zero-order valence-electron chi connectivity index (χ0n) is 12.7. The van der Waals surface area contributed by atoms with Crippen LogP contribution in [0.2, 0.25) is 0 Å². The Kier molecular flexibility index (Phi) is 3.85. The highest BCUT2D eigenvalue weighted by molar-refractivity contribution is 7.14. The van der Waals surface area contributed by atoms with Gasteiger partial charge < -0.3 is 4.57 Å². The van der Waals surface area contributed by atoms with Crippen LogP contribution >= 0.6 is 11.3 Å². The van der Waals surface area contributed by atoms with Crippen LogP contribution in [0.1, 0.15) is 24.9 Å². The molecule has 4 nitrogen and oxygen atoms in total. The number of aryl methyl sites for hydroxylation is 2. The molecule has 3 rings (SSSR count). The number of benzene rings is 1. The minimum absolute atomic E-state index is 0.413. The highest BCUT2D eigenvalue weighted by Crippen LogP contribution is 2.25. The normalized spacial score (nSPS) is 12.0. The SMILES string of the molecule is Cc1ccc(C(=O)[C@H](C#N)C(=O)c2cccc3c2ccn3C)s1. The molecule has 2 heterocycles. The van der Waals surface area contributed by atoms with Gasteiger partial charge in [-0.3, -0.25) is 9.59 Å². The molecular formula is C18H14N2O2S. The molecule has 0 aliphatic rings. The molecule has 0 amide bonds. The van der Waals surface area contributed by atoms with Crippen LogP contribution < -0.4 is 0 Å². The highest BCUT2D eigenvalue weighted by Gasteiger charge is 2.30. The van der Waals surface area contributed by atoms with Crippen molar-refractivity contribution in [1.29, 1.82) is 5.26 Å². The molecule has 0 bridgehead atoms. The summed E-state index contributed by atoms with van der Waals surface area (Å²) in [6.45, 7) is 1.88. The maximum absolute atomic E-state index is 12.8. The summed E-state index contributed by atoms with van der Waals surface area (Å²) >= 11 is 1.30. The Balaban J connectivity index is 2.03. The van der Waals surface area contributed by atoms with Gasteiger partial charge in [-0.15, -0.1) is 11.3 Å². The first kappa shape index (κ1) is 15.2. The Morgan fingerprint density at radius 2 is 1.96 bits per heavy atom. The van der Waals surface area contributed by atoms with E-state index in [0.29, 0.717) is 10.4 Å². The molecule has 0 aliphatic heterocycles. The zero-order chi connectivity index (χ0) is 16.6. The van der Waals surface area contributed by atoms with Crippen LogP contribution in [0.5, 0.6) is 0 Å². The zero-order valence-corrected chi connectivity index (χ0v) is 13.6. The van der Waals surface area contributed by atoms with E-state index >= 15 is 0 Å². The first-order valence-corrected chi connectivity index (χ1v) is 7.93. The van der Waals surface area contributed by atoms with Crippen molar-refractivity contribution in [2.75, 3.05) is 0 Å². The molecule has 0 unspecified atom stereocenters. The van der Waals surface area contributed by atoms with Crippen LogP contribution in [-0.2, 0) is 7.05 Å². The summed E-state index contributed by atoms with van der Waals surface area (Å²) in [6, 6.07) is 12.5. The quantitative estimate of drug-likeness (QED) is 0.543. The van der Waals surface area contributed by atoms with E-state index in [-0.39, 0.29) is 0 Å². The Morgan fingerprint density at radius 1 is 1.17 bits per heavy atom. The lowest BCUT2D eigenvalue weighted by atomic mass is 9.92. The summed E-state index contributed by atoms with van der Waals surface area (Å²) in [5.41, 5.74) is 1.31. The molecule has 1 aromatic carbocycles. The molecule has 0 aliphatic carbocycles. The number of ketones is 2. The van der Waals surface area contributed by atoms with Gasteiger partial charge in [-0.1, -0.05) is 12.1 Å². The maximum atomic E-state index is 12.8. The Bertz CT molecular complexity index is 959. The van der Waals surface area contributed by atoms with Crippen molar-refractivity contribution in [3.8, 4) is 6.07 Å². The Labute approximate surface area is 137 Å². The summed E-state index contributed by atoms with van der Waals surface area (Å²) in [5.74, 6) is -2.18. The third-order valence-corrected chi connectivity index (χ3v) is 4.85. The average Bonchev–Trinajstić information content (AvgIpc) is 3.14. The van der Waals surface area contributed by atoms with Crippen LogP contribution in [0.15, 0.2) is 42.6 Å². The number of hydrogen-bond acceptors (Lipinski definition) is 4. The van der Waals surface area contributed by atoms with Crippen molar-refractivity contribution < 1.29 is 9.59 Å². The number of nitrogens with zero attached hydrogens (tertiary/aromatic N) is 2. The molecule has 0 saturated carbocycles. The molecule has 0 saturated heterocycles. The molecule has 23 heavy (non-hydrogen) atoms. The number of aromatic nitrogens is 1. The first-order valence-electron chi connectivity index (χ1n) is 7.11. The van der Waals surface area contributed by atoms with Crippen molar-refractivity contribution in [2.45, 2.75) is 6.92 Å². The summed E-state index contributed by atoms with van der Waals surface area (Å²) in [7, 11) is 1.89. The number of rotatable bonds is 4. The first-order chi connectivity index (χ1) is 11.0. The number of thiophene rings is 1. The monoisotopic (exact) mass is 322 g/mol. The molecule has 5 heteroatoms. The van der Waals surface area contributed by atoms with Crippen LogP contribution in [0.3, 0.4) is 0 Å². The van der Waals surface area contributed by atoms with E-state index < -0.39 is 17.5 Å². The van der Waals surface area contributed by atoms with Gasteiger partial charge in [-0.25, -0.2) is 0 Å². The van der Waals surface area contributed by atoms with E-state index in [1.807, 2.05) is 49.0 Å². The third kappa shape index (κ3) is 2.58. The summed E-state index contributed by atoms with van der Waals surface area (Å²) in [6.07, 6.45) is 1.85. The summed E-state index contributed by atoms with van der Waals surface area (Å²) in [4.78, 5) is 26.7. The Hall–Kier alpha value is -2.71. The van der Waals surface area contributed by atoms with E-state index in [2.05, 4.69) is 0 Å². The molecule has 114 valence electrons. The number of carbonyl (C=O) groups excluding carboxylic acids is 2. The van der Waals surface area contributed by atoms with Crippen LogP contribution in [0.25, 0.3) is 10.9 Å². The highest BCUT2D eigenvalue weighted by atomic mass is 32.1. The minimum atomic E-state index is -1.31. The van der Waals surface area contributed by atoms with Gasteiger partial charge in [0, 0.05) is 34.6 Å². The second-order valence-corrected chi connectivity index (χ2v) is 6.65. The van der Waals surface area contributed by atoms with E-state index in [1.54, 1.807) is 18.2 Å². The fourth-order valence-corrected chi connectivity index (χ4v) is 3.46. The van der Waals surface area contributed by atoms with Crippen LogP contribution in [0, 0.1) is 24.2 Å². The van der Waals surface area contributed by atoms with Gasteiger partial charge in [0.05, 0.1) is 10.9 Å². The van der Waals surface area contributed by atoms with Crippen molar-refractivity contribution >= 4 is 33.8 Å². The summed E-state index contributed by atoms with van der Waals surface area (Å²) < 4.78 is 1.90. The van der Waals surface area contributed by atoms with Crippen molar-refractivity contribution in [3.63, 3.8) is 0 Å². The van der Waals surface area contributed by atoms with Gasteiger partial charge in [0.1, 0.15) is 0 Å². The average molecular weight is 322 g/mol. The maximum Gasteiger partial charge on any atom is 0.197 e. The predicted octanol–water partition coefficient (Wildman–Crippen LogP) is 3.75. The molecule has 0 radical (unpaired) electrons. The summed E-state index contributed by atoms with van der Waals surface area (Å²) in [5, 5.41) is 10.1. The lowest BCUT2D eigenvalue weighted by molar-refractivity contribution is 0.0849. The number of Topliss-reactive ketones (excluding diaryl/α,β-unsaturated/α-hetero) is 2. The number of hydrogen-bond donors (Lipinski definition) is 0. The third-order valence-electron chi connectivity index (χ3n) is 3.83. The molecule has 0 N–H and O–H groups in total. The number of fused-ring (bicyclic) bond motifs is 1. The smallest absolute Gasteiger partial charge is 0.197 e. The fourth-order valence-electron chi connectivity index (χ4n) is 2.62. The number of nitriles is 1. The van der Waals surface area contributed by atoms with Crippen molar-refractivity contribution in [3.05, 3.63) is 57.9 Å². The van der Waals surface area contributed by atoms with Gasteiger partial charge in [0.15, 0.2) is 17.5 Å². The second-order valence-electron chi connectivity index (χ2n) is 5.37. The van der Waals surface area contributed by atoms with E-state index in [9.17, 15) is 14.9 Å². The predicted molar refractivity (Wildman–Crippen MR) is 89.7 cm³/mol. The molecule has 0 fully saturated rings. The molecule has 1 atom stereocenters. The van der Waals surface area contributed by atoms with E-state index in [4.69, 9.17) is 0 Å². The van der Waals surface area contributed by atoms with Crippen molar-refractivity contribution in [1.82, 2.24) is 4.57 Å². The van der Waals surface area contributed by atoms with Gasteiger partial charge in [-0.05, 0) is 31.2 Å². The number of carbonyl (C=O) groups is 2. The van der Waals surface area contributed by atoms with Gasteiger partial charge >= 0.3 is 0 Å². The van der Waals surface area contributed by atoms with E-state index in [1.165, 1.54) is 11.3 Å². The minimum Gasteiger partial charge on any atom is -0.351 e. The topological polar surface area (TPSA) is 62.9 Å². The van der Waals surface area contributed by atoms with Gasteiger partial charge in [-0.2, -0.15) is 5.26 Å². The van der Waals surface area contributed by atoms with Gasteiger partial charge in [0.25, 0.3) is 0 Å². The lowest BCUT2D eigenvalue weighted by Crippen LogP contribution is -2.22. The molecule has 0 spiro atoms. The van der Waals surface area contributed by atoms with Crippen molar-refractivity contribution in [2.24, 2.45) is 13.0 Å². The largest absolute Gasteiger partial charge is 0.351 e. The molecule has 2 aromatic heterocycles. The van der Waals surface area contributed by atoms with E-state index in [0.717, 1.165) is 15.8 Å². The van der Waals surface area contributed by atoms with Gasteiger partial charge in [0.2, 0.25) is 0 Å². The Morgan fingerprint density at radius 3 is 2.61 bits per heavy atom. The van der Waals surface area contributed by atoms with Crippen LogP contribution in [0.4, 0.5) is 0 Å². The second kappa shape index (κ2) is 5.82.